The van der Waals surface area contributed by atoms with E-state index < -0.39 is 17.1 Å². The van der Waals surface area contributed by atoms with E-state index in [0.717, 1.165) is 24.8 Å². The number of esters is 1. The molecule has 2 aliphatic heterocycles. The number of hydrogen-bond acceptors (Lipinski definition) is 7. The Balaban J connectivity index is 1.64. The van der Waals surface area contributed by atoms with Gasteiger partial charge in [0.2, 0.25) is 17.2 Å². The van der Waals surface area contributed by atoms with E-state index in [1.54, 1.807) is 33.5 Å². The number of carbonyl (C=O) groups excluding carboxylic acids is 1. The Morgan fingerprint density at radius 3 is 2.17 bits per heavy atom. The van der Waals surface area contributed by atoms with Crippen molar-refractivity contribution in [3.8, 4) is 17.2 Å². The van der Waals surface area contributed by atoms with E-state index in [1.165, 1.54) is 19.3 Å². The van der Waals surface area contributed by atoms with Gasteiger partial charge in [0, 0.05) is 5.56 Å². The van der Waals surface area contributed by atoms with Crippen molar-refractivity contribution < 1.29 is 28.5 Å². The summed E-state index contributed by atoms with van der Waals surface area (Å²) in [6.45, 7) is 2.66. The third-order valence-electron chi connectivity index (χ3n) is 7.95. The van der Waals surface area contributed by atoms with Gasteiger partial charge in [-0.05, 0) is 49.3 Å². The molecule has 1 aliphatic carbocycles. The molecule has 0 aromatic heterocycles. The van der Waals surface area contributed by atoms with Crippen molar-refractivity contribution >= 4 is 11.9 Å². The minimum atomic E-state index is -1.31. The summed E-state index contributed by atoms with van der Waals surface area (Å²) in [7, 11) is 4.65. The maximum atomic E-state index is 13.9. The molecule has 2 atom stereocenters. The van der Waals surface area contributed by atoms with Gasteiger partial charge in [0.15, 0.2) is 11.5 Å². The fraction of sp³-hybridized carbons (Fsp3) is 0.500. The molecule has 7 nitrogen and oxygen atoms in total. The molecule has 7 heteroatoms. The summed E-state index contributed by atoms with van der Waals surface area (Å²) in [5.41, 5.74) is -0.738. The highest BCUT2D eigenvalue weighted by Gasteiger charge is 2.66. The van der Waals surface area contributed by atoms with Crippen LogP contribution in [0.1, 0.15) is 56.6 Å². The number of benzene rings is 2. The molecule has 3 aliphatic rings. The van der Waals surface area contributed by atoms with Gasteiger partial charge in [0.25, 0.3) is 0 Å². The fourth-order valence-electron chi connectivity index (χ4n) is 6.20. The summed E-state index contributed by atoms with van der Waals surface area (Å²) in [6.07, 6.45) is 6.64. The number of cyclic esters (lactones) is 1. The second-order valence-electron chi connectivity index (χ2n) is 10.1. The average Bonchev–Trinajstić information content (AvgIpc) is 3.42. The molecule has 2 fully saturated rings. The molecule has 2 heterocycles. The first kappa shape index (κ1) is 23.7. The number of nitrogens with zero attached hydrogens (tertiary/aromatic N) is 1. The van der Waals surface area contributed by atoms with Crippen LogP contribution in [0.4, 0.5) is 0 Å². The molecular weight excluding hydrogens is 446 g/mol. The van der Waals surface area contributed by atoms with Crippen LogP contribution in [0.25, 0.3) is 0 Å². The molecule has 186 valence electrons. The van der Waals surface area contributed by atoms with Crippen LogP contribution in [0.2, 0.25) is 0 Å². The molecule has 0 N–H and O–H groups in total. The maximum absolute atomic E-state index is 13.9. The summed E-state index contributed by atoms with van der Waals surface area (Å²) in [6, 6.07) is 13.1. The van der Waals surface area contributed by atoms with E-state index in [0.29, 0.717) is 29.4 Å². The lowest BCUT2D eigenvalue weighted by Crippen LogP contribution is -2.52. The Morgan fingerprint density at radius 2 is 1.57 bits per heavy atom. The smallest absolute Gasteiger partial charge is 0.348 e. The van der Waals surface area contributed by atoms with Crippen molar-refractivity contribution in [2.75, 3.05) is 27.9 Å². The van der Waals surface area contributed by atoms with Crippen molar-refractivity contribution in [1.29, 1.82) is 0 Å². The average molecular weight is 480 g/mol. The molecule has 2 aromatic carbocycles. The largest absolute Gasteiger partial charge is 0.493 e. The third-order valence-corrected chi connectivity index (χ3v) is 7.95. The first-order valence-electron chi connectivity index (χ1n) is 12.2. The van der Waals surface area contributed by atoms with Crippen LogP contribution in [0.3, 0.4) is 0 Å². The summed E-state index contributed by atoms with van der Waals surface area (Å²) < 4.78 is 29.0. The normalized spacial score (nSPS) is 27.4. The Hall–Kier alpha value is -3.06. The lowest BCUT2D eigenvalue weighted by Gasteiger charge is -2.39. The highest BCUT2D eigenvalue weighted by molar-refractivity contribution is 6.09. The number of ether oxygens (including phenoxy) is 5. The molecule has 1 saturated carbocycles. The summed E-state index contributed by atoms with van der Waals surface area (Å²) in [4.78, 5) is 18.9. The predicted molar refractivity (Wildman–Crippen MR) is 131 cm³/mol. The Labute approximate surface area is 206 Å². The molecule has 1 spiro atoms. The first-order valence-corrected chi connectivity index (χ1v) is 12.2. The lowest BCUT2D eigenvalue weighted by atomic mass is 9.65. The molecular formula is C28H33NO6. The zero-order chi connectivity index (χ0) is 24.7. The van der Waals surface area contributed by atoms with Crippen LogP contribution in [-0.4, -0.2) is 45.4 Å². The molecule has 0 amide bonds. The van der Waals surface area contributed by atoms with Crippen molar-refractivity contribution in [1.82, 2.24) is 0 Å². The number of methoxy groups -OCH3 is 3. The quantitative estimate of drug-likeness (QED) is 0.541. The Bertz CT molecular complexity index is 1110. The van der Waals surface area contributed by atoms with Gasteiger partial charge in [0.1, 0.15) is 5.60 Å². The zero-order valence-electron chi connectivity index (χ0n) is 20.9. The fourth-order valence-corrected chi connectivity index (χ4v) is 6.20. The number of rotatable bonds is 6. The van der Waals surface area contributed by atoms with E-state index in [2.05, 4.69) is 0 Å². The van der Waals surface area contributed by atoms with Crippen LogP contribution in [0, 0.1) is 5.41 Å². The Morgan fingerprint density at radius 1 is 0.914 bits per heavy atom. The lowest BCUT2D eigenvalue weighted by molar-refractivity contribution is -0.150. The Kier molecular flexibility index (Phi) is 5.99. The second-order valence-corrected chi connectivity index (χ2v) is 10.1. The van der Waals surface area contributed by atoms with Crippen LogP contribution >= 0.6 is 0 Å². The molecule has 35 heavy (non-hydrogen) atoms. The van der Waals surface area contributed by atoms with Gasteiger partial charge in [0.05, 0.1) is 27.9 Å². The number of hydrogen-bond donors (Lipinski definition) is 0. The van der Waals surface area contributed by atoms with Gasteiger partial charge in [-0.25, -0.2) is 9.79 Å². The topological polar surface area (TPSA) is 75.6 Å². The van der Waals surface area contributed by atoms with Gasteiger partial charge in [-0.2, -0.15) is 0 Å². The predicted octanol–water partition coefficient (Wildman–Crippen LogP) is 5.04. The SMILES string of the molecule is COc1cc(C2=N[C@](c3ccccc3)([C@@]3(C)CC4(CCCCC4)CO3)C(=O)O2)cc(OC)c1OC. The monoisotopic (exact) mass is 479 g/mol. The van der Waals surface area contributed by atoms with Crippen LogP contribution in [0.15, 0.2) is 47.5 Å². The zero-order valence-corrected chi connectivity index (χ0v) is 20.9. The number of aliphatic imine (C=N–C) groups is 1. The summed E-state index contributed by atoms with van der Waals surface area (Å²) in [5, 5.41) is 0. The van der Waals surface area contributed by atoms with E-state index in [1.807, 2.05) is 37.3 Å². The van der Waals surface area contributed by atoms with Crippen LogP contribution in [0.5, 0.6) is 17.2 Å². The van der Waals surface area contributed by atoms with Crippen LogP contribution < -0.4 is 14.2 Å². The van der Waals surface area contributed by atoms with E-state index in [4.69, 9.17) is 28.7 Å². The standard InChI is InChI=1S/C28H33NO6/c1-26(17-27(18-34-26)13-9-6-10-14-27)28(20-11-7-5-8-12-20)25(30)35-24(29-28)19-15-21(31-2)23(33-4)22(16-19)32-3/h5,7-8,11-12,15-16H,6,9-10,13-14,17-18H2,1-4H3/t26-,28+/m1/s1. The van der Waals surface area contributed by atoms with Gasteiger partial charge in [-0.15, -0.1) is 0 Å². The molecule has 2 aromatic rings. The first-order chi connectivity index (χ1) is 16.9. The highest BCUT2D eigenvalue weighted by atomic mass is 16.6. The van der Waals surface area contributed by atoms with Gasteiger partial charge < -0.3 is 23.7 Å². The van der Waals surface area contributed by atoms with Gasteiger partial charge >= 0.3 is 5.97 Å². The number of carbonyl (C=O) groups is 1. The minimum Gasteiger partial charge on any atom is -0.493 e. The maximum Gasteiger partial charge on any atom is 0.348 e. The van der Waals surface area contributed by atoms with Gasteiger partial charge in [-0.1, -0.05) is 49.6 Å². The minimum absolute atomic E-state index is 0.0832. The van der Waals surface area contributed by atoms with E-state index in [-0.39, 0.29) is 11.3 Å². The third kappa shape index (κ3) is 3.68. The molecule has 5 rings (SSSR count). The van der Waals surface area contributed by atoms with E-state index >= 15 is 0 Å². The summed E-state index contributed by atoms with van der Waals surface area (Å²) >= 11 is 0. The van der Waals surface area contributed by atoms with Crippen LogP contribution in [-0.2, 0) is 19.8 Å². The van der Waals surface area contributed by atoms with Gasteiger partial charge in [-0.3, -0.25) is 0 Å². The van der Waals surface area contributed by atoms with Crippen molar-refractivity contribution in [2.45, 2.75) is 56.6 Å². The van der Waals surface area contributed by atoms with Crippen molar-refractivity contribution in [3.05, 3.63) is 53.6 Å². The summed E-state index contributed by atoms with van der Waals surface area (Å²) in [5.74, 6) is 1.17. The van der Waals surface area contributed by atoms with E-state index in [9.17, 15) is 4.79 Å². The molecule has 0 radical (unpaired) electrons. The van der Waals surface area contributed by atoms with Crippen molar-refractivity contribution in [2.24, 2.45) is 10.4 Å². The van der Waals surface area contributed by atoms with Crippen molar-refractivity contribution in [3.63, 3.8) is 0 Å². The second kappa shape index (κ2) is 8.86. The molecule has 1 saturated heterocycles. The molecule has 0 unspecified atom stereocenters. The highest BCUT2D eigenvalue weighted by Crippen LogP contribution is 2.57. The molecule has 0 bridgehead atoms.